The number of nitrogens with zero attached hydrogens (tertiary/aromatic N) is 6. The van der Waals surface area contributed by atoms with Gasteiger partial charge in [0.2, 0.25) is 11.7 Å². The maximum atomic E-state index is 13.2. The lowest BCUT2D eigenvalue weighted by Crippen LogP contribution is -2.60. The van der Waals surface area contributed by atoms with Crippen LogP contribution in [0, 0.1) is 58.2 Å². The van der Waals surface area contributed by atoms with Gasteiger partial charge in [-0.05, 0) is 278 Å². The summed E-state index contributed by atoms with van der Waals surface area (Å²) >= 11 is 21.1. The smallest absolute Gasteiger partial charge is 0.236 e. The molecule has 21 heteroatoms. The zero-order chi connectivity index (χ0) is 80.9. The number of aliphatic hydroxyl groups is 1. The molecule has 19 rings (SSSR count). The van der Waals surface area contributed by atoms with Crippen molar-refractivity contribution in [2.45, 2.75) is 139 Å². The molecule has 1 saturated heterocycles. The number of aromatic hydroxyl groups is 1. The van der Waals surface area contributed by atoms with Gasteiger partial charge in [0.15, 0.2) is 15.7 Å². The van der Waals surface area contributed by atoms with Crippen molar-refractivity contribution in [3.63, 3.8) is 0 Å². The number of nitrogens with one attached hydrogen (secondary N) is 4. The Hall–Kier alpha value is -10.6. The number of aromatic nitrogens is 4. The number of allylic oxidation sites excluding steroid dienone is 3. The lowest BCUT2D eigenvalue weighted by atomic mass is 9.53. The Balaban J connectivity index is 0.000000139. The number of carbonyl (C=O) groups excluding carboxylic acids is 1. The maximum Gasteiger partial charge on any atom is 0.236 e. The molecule has 4 bridgehead atoms. The number of aryl methyl sites for hydroxylation is 6. The maximum absolute atomic E-state index is 13.2. The molecule has 3 aromatic heterocycles. The van der Waals surface area contributed by atoms with Gasteiger partial charge in [-0.2, -0.15) is 4.98 Å². The van der Waals surface area contributed by atoms with Crippen molar-refractivity contribution in [3.8, 4) is 22.8 Å². The van der Waals surface area contributed by atoms with Crippen LogP contribution in [0.4, 0.5) is 44.6 Å². The first-order valence-corrected chi connectivity index (χ1v) is 41.7. The van der Waals surface area contributed by atoms with Crippen LogP contribution < -0.4 is 35.7 Å². The number of para-hydroxylation sites is 3. The average molecular weight is 1660 g/mol. The number of carbonyl (C=O) groups is 1. The summed E-state index contributed by atoms with van der Waals surface area (Å²) in [4.78, 5) is 33.3. The number of halogens is 3. The van der Waals surface area contributed by atoms with Crippen molar-refractivity contribution in [1.29, 1.82) is 0 Å². The highest BCUT2D eigenvalue weighted by Gasteiger charge is 2.51. The first-order chi connectivity index (χ1) is 55.5. The number of hydrogen-bond acceptors (Lipinski definition) is 15. The van der Waals surface area contributed by atoms with Gasteiger partial charge in [-0.1, -0.05) is 149 Å². The molecule has 0 spiro atoms. The van der Waals surface area contributed by atoms with E-state index in [2.05, 4.69) is 91.7 Å². The molecular formula is C96H103Cl2FN10O5S3. The second-order valence-corrected chi connectivity index (χ2v) is 33.2. The molecule has 1 unspecified atom stereocenters. The largest absolute Gasteiger partial charge is 0.507 e. The predicted molar refractivity (Wildman–Crippen MR) is 488 cm³/mol. The number of rotatable bonds is 12. The van der Waals surface area contributed by atoms with E-state index >= 15 is 0 Å². The Kier molecular flexibility index (Phi) is 29.5. The van der Waals surface area contributed by atoms with Gasteiger partial charge in [-0.3, -0.25) is 4.79 Å². The highest BCUT2D eigenvalue weighted by molar-refractivity contribution is 7.80. The van der Waals surface area contributed by atoms with E-state index in [1.54, 1.807) is 59.1 Å². The molecule has 5 aliphatic carbocycles. The summed E-state index contributed by atoms with van der Waals surface area (Å²) in [6, 6.07) is 66.9. The lowest BCUT2D eigenvalue weighted by Gasteiger charge is -2.57. The summed E-state index contributed by atoms with van der Waals surface area (Å²) in [5, 5.41) is 40.0. The summed E-state index contributed by atoms with van der Waals surface area (Å²) in [6.45, 7) is 21.8. The molecule has 15 nitrogen and oxygen atoms in total. The predicted octanol–water partition coefficient (Wildman–Crippen LogP) is 25.0. The topological polar surface area (TPSA) is 183 Å². The van der Waals surface area contributed by atoms with E-state index in [-0.39, 0.29) is 32.0 Å². The Morgan fingerprint density at radius 1 is 0.718 bits per heavy atom. The third-order valence-corrected chi connectivity index (χ3v) is 23.5. The number of ketones is 1. The molecule has 9 aromatic carbocycles. The van der Waals surface area contributed by atoms with E-state index in [4.69, 9.17) is 49.9 Å². The standard InChI is InChI=1S/C19H18ClFN2S.C18H15NO3.C17H21ClN2S.C17H16N4.C14H16O2.C9H9NS.2CH4/c1-4-23-18(14-5-7-15(21)8-6-14)11-24-19(23)22-17-10-12(2)16(20)9-13(17)3;20-16-12-17-18(21,15-9-5-4-8-14(15)16)22-11-10-19(17)13-6-2-1-3-7-13;18-14-2-1-3-15(7-14)19-16(21)20-17-8-11-4-12(9-17)6-13(5-11)10-17;1-13-12-16(19-14-8-4-2-5-9-14)21-17(18-13)20-15-10-6-3-7-11-15;1-4-5-11-7-12(15)14-9(2)6-10(3)16-13(14)8-11;1-6-3-4-8-9(5-6)11-7(2)10-8;;/h5-11H,4H2,1-3H3;1-9,12,21H,10-11H2;1-3,7,11-13H,4-6,8-10H2,(H2,19,20,21);2-12H,1H3,(H2,18,19,20,21);6-8,15H,3-5H2,1-2H3;3-5H,1-2H3;2*1H4. The fourth-order valence-corrected chi connectivity index (χ4v) is 18.8. The van der Waals surface area contributed by atoms with Crippen LogP contribution in [0.2, 0.25) is 10.0 Å². The van der Waals surface area contributed by atoms with Gasteiger partial charge in [0.25, 0.3) is 0 Å². The number of benzene rings is 9. The van der Waals surface area contributed by atoms with Crippen molar-refractivity contribution in [2.75, 3.05) is 34.0 Å². The second kappa shape index (κ2) is 39.6. The van der Waals surface area contributed by atoms with Gasteiger partial charge >= 0.3 is 0 Å². The summed E-state index contributed by atoms with van der Waals surface area (Å²) < 4.78 is 27.8. The number of thiocarbonyl (C=S) groups is 1. The van der Waals surface area contributed by atoms with E-state index < -0.39 is 5.79 Å². The summed E-state index contributed by atoms with van der Waals surface area (Å²) in [7, 11) is 0. The van der Waals surface area contributed by atoms with Crippen molar-refractivity contribution >= 4 is 125 Å². The summed E-state index contributed by atoms with van der Waals surface area (Å²) in [6.07, 6.45) is 13.6. The Morgan fingerprint density at radius 3 is 2.03 bits per heavy atom. The number of ether oxygens (including phenoxy) is 2. The number of thiazole rings is 2. The first-order valence-electron chi connectivity index (χ1n) is 38.9. The zero-order valence-corrected chi connectivity index (χ0v) is 69.8. The summed E-state index contributed by atoms with van der Waals surface area (Å²) in [5.41, 5.74) is 16.8. The molecule has 0 amide bonds. The van der Waals surface area contributed by atoms with Gasteiger partial charge in [-0.25, -0.2) is 19.4 Å². The third kappa shape index (κ3) is 22.0. The first kappa shape index (κ1) is 87.2. The molecule has 12 aromatic rings. The molecule has 1 atom stereocenters. The molecular weight excluding hydrogens is 1560 g/mol. The van der Waals surface area contributed by atoms with Crippen molar-refractivity contribution in [3.05, 3.63) is 318 Å². The molecule has 6 N–H and O–H groups in total. The van der Waals surface area contributed by atoms with Crippen LogP contribution in [0.25, 0.3) is 27.0 Å². The highest BCUT2D eigenvalue weighted by atomic mass is 35.5. The number of phenolic OH excluding ortho intramolecular Hbond substituents is 1. The minimum atomic E-state index is -1.57. The minimum absolute atomic E-state index is 0. The van der Waals surface area contributed by atoms with Gasteiger partial charge < -0.3 is 50.4 Å². The molecule has 7 aliphatic rings. The lowest BCUT2D eigenvalue weighted by molar-refractivity contribution is -0.194. The zero-order valence-electron chi connectivity index (χ0n) is 65.8. The van der Waals surface area contributed by atoms with E-state index in [1.807, 2.05) is 191 Å². The number of anilines is 6. The van der Waals surface area contributed by atoms with E-state index in [0.717, 1.165) is 147 Å². The molecule has 4 saturated carbocycles. The third-order valence-electron chi connectivity index (χ3n) is 20.9. The number of phenols is 1. The van der Waals surface area contributed by atoms with Gasteiger partial charge in [0.1, 0.15) is 28.9 Å². The van der Waals surface area contributed by atoms with Crippen LogP contribution in [0.5, 0.6) is 11.5 Å². The van der Waals surface area contributed by atoms with Gasteiger partial charge in [0.05, 0.1) is 44.5 Å². The number of hydrogen-bond donors (Lipinski definition) is 6. The monoisotopic (exact) mass is 1660 g/mol. The molecule has 5 fully saturated rings. The van der Waals surface area contributed by atoms with Crippen LogP contribution in [-0.4, -0.2) is 59.3 Å². The highest BCUT2D eigenvalue weighted by Crippen LogP contribution is 2.56. The van der Waals surface area contributed by atoms with Crippen molar-refractivity contribution < 1.29 is 28.9 Å². The average Bonchev–Trinajstić information content (AvgIpc) is 0.800. The molecule has 606 valence electrons. The SMILES string of the molecule is C.C.C=C1C=C(C)c2c(O)cc(CCC)cc2O1.CCn1c(-c2ccc(F)cc2)csc1=Nc1cc(C)c(Cl)cc1C.Cc1cc(Nc2ccccc2)nc(Nc2ccccc2)n1.Cc1ccc2nc(C)sc2c1.O=C1C=C2N(c3ccccc3)CCOC2(O)c2ccccc21.S=C(Nc1cccc(Cl)c1)NC12CC3CC(CC(C3)C1)C2. The normalized spacial score (nSPS) is 18.2. The molecule has 2 aliphatic heterocycles. The minimum Gasteiger partial charge on any atom is -0.507 e. The Labute approximate surface area is 710 Å². The van der Waals surface area contributed by atoms with Crippen molar-refractivity contribution in [2.24, 2.45) is 22.7 Å². The fourth-order valence-electron chi connectivity index (χ4n) is 16.1. The van der Waals surface area contributed by atoms with Crippen LogP contribution in [-0.2, 0) is 23.5 Å². The molecule has 0 radical (unpaired) electrons. The number of fused-ring (bicyclic) bond motifs is 5. The molecule has 5 heterocycles. The molecule has 117 heavy (non-hydrogen) atoms. The second-order valence-electron chi connectivity index (χ2n) is 29.9. The Morgan fingerprint density at radius 2 is 1.37 bits per heavy atom. The fraction of sp³-hybridized carbons (Fsp3) is 0.271. The van der Waals surface area contributed by atoms with Gasteiger partial charge in [0, 0.05) is 85.8 Å². The van der Waals surface area contributed by atoms with E-state index in [0.29, 0.717) is 53.2 Å². The van der Waals surface area contributed by atoms with Crippen LogP contribution in [0.15, 0.2) is 253 Å². The van der Waals surface area contributed by atoms with Crippen LogP contribution in [0.3, 0.4) is 0 Å². The van der Waals surface area contributed by atoms with Crippen LogP contribution >= 0.6 is 58.1 Å². The van der Waals surface area contributed by atoms with E-state index in [1.165, 1.54) is 67.0 Å². The van der Waals surface area contributed by atoms with Crippen LogP contribution in [0.1, 0.15) is 135 Å². The quantitative estimate of drug-likeness (QED) is 0.0635. The van der Waals surface area contributed by atoms with Gasteiger partial charge in [-0.15, -0.1) is 22.7 Å². The van der Waals surface area contributed by atoms with Crippen molar-refractivity contribution in [1.82, 2.24) is 24.8 Å². The Bertz CT molecular complexity index is 5530. The van der Waals surface area contributed by atoms with E-state index in [9.17, 15) is 19.4 Å². The summed E-state index contributed by atoms with van der Waals surface area (Å²) in [5.74, 6) is 3.86. The number of morpholine rings is 1.